The second-order valence-electron chi connectivity index (χ2n) is 4.36. The van der Waals surface area contributed by atoms with E-state index < -0.39 is 0 Å². The van der Waals surface area contributed by atoms with Crippen molar-refractivity contribution in [1.29, 1.82) is 0 Å². The van der Waals surface area contributed by atoms with Crippen molar-refractivity contribution in [3.63, 3.8) is 0 Å². The van der Waals surface area contributed by atoms with Gasteiger partial charge in [0.1, 0.15) is 0 Å². The largest absolute Gasteiger partial charge is 0.296 e. The maximum atomic E-state index is 11.2. The topological polar surface area (TPSA) is 46.2 Å². The van der Waals surface area contributed by atoms with Crippen molar-refractivity contribution in [2.75, 3.05) is 0 Å². The monoisotopic (exact) mass is 181 g/mol. The number of hydrogen-bond donors (Lipinski definition) is 1. The van der Waals surface area contributed by atoms with Crippen molar-refractivity contribution in [3.05, 3.63) is 0 Å². The molecule has 0 aromatic carbocycles. The van der Waals surface area contributed by atoms with E-state index in [2.05, 4.69) is 12.2 Å². The lowest BCUT2D eigenvalue weighted by molar-refractivity contribution is -0.129. The summed E-state index contributed by atoms with van der Waals surface area (Å²) in [4.78, 5) is 22.5. The van der Waals surface area contributed by atoms with E-state index in [4.69, 9.17) is 0 Å². The van der Waals surface area contributed by atoms with Gasteiger partial charge in [-0.15, -0.1) is 0 Å². The van der Waals surface area contributed by atoms with E-state index in [0.717, 1.165) is 6.42 Å². The number of amides is 2. The number of carbonyl (C=O) groups is 2. The van der Waals surface area contributed by atoms with Crippen LogP contribution in [0.4, 0.5) is 0 Å². The summed E-state index contributed by atoms with van der Waals surface area (Å²) in [5, 5.41) is 2.41. The molecule has 2 rings (SSSR count). The van der Waals surface area contributed by atoms with E-state index in [0.29, 0.717) is 30.6 Å². The van der Waals surface area contributed by atoms with E-state index in [-0.39, 0.29) is 11.8 Å². The van der Waals surface area contributed by atoms with Crippen LogP contribution in [0.25, 0.3) is 0 Å². The highest BCUT2D eigenvalue weighted by Crippen LogP contribution is 2.41. The molecule has 3 heteroatoms. The lowest BCUT2D eigenvalue weighted by Gasteiger charge is -2.17. The fourth-order valence-corrected chi connectivity index (χ4v) is 2.70. The summed E-state index contributed by atoms with van der Waals surface area (Å²) >= 11 is 0. The van der Waals surface area contributed by atoms with Gasteiger partial charge >= 0.3 is 0 Å². The summed E-state index contributed by atoms with van der Waals surface area (Å²) in [6.07, 6.45) is 3.40. The summed E-state index contributed by atoms with van der Waals surface area (Å²) in [5.74, 6) is 1.37. The van der Waals surface area contributed by atoms with E-state index >= 15 is 0 Å². The predicted molar refractivity (Wildman–Crippen MR) is 47.8 cm³/mol. The van der Waals surface area contributed by atoms with Crippen molar-refractivity contribution in [2.24, 2.45) is 17.8 Å². The van der Waals surface area contributed by atoms with Crippen LogP contribution in [0.5, 0.6) is 0 Å². The van der Waals surface area contributed by atoms with Crippen LogP contribution < -0.4 is 5.32 Å². The zero-order valence-electron chi connectivity index (χ0n) is 7.88. The lowest BCUT2D eigenvalue weighted by atomic mass is 9.86. The van der Waals surface area contributed by atoms with Crippen LogP contribution in [0.3, 0.4) is 0 Å². The Morgan fingerprint density at radius 3 is 2.62 bits per heavy atom. The van der Waals surface area contributed by atoms with Crippen molar-refractivity contribution in [2.45, 2.75) is 32.6 Å². The molecular weight excluding hydrogens is 166 g/mol. The maximum absolute atomic E-state index is 11.2. The molecule has 72 valence electrons. The third kappa shape index (κ3) is 1.60. The minimum atomic E-state index is -0.0775. The molecule has 3 atom stereocenters. The normalized spacial score (nSPS) is 39.6. The van der Waals surface area contributed by atoms with E-state index in [1.807, 2.05) is 0 Å². The van der Waals surface area contributed by atoms with Crippen molar-refractivity contribution in [3.8, 4) is 0 Å². The van der Waals surface area contributed by atoms with Crippen molar-refractivity contribution < 1.29 is 9.59 Å². The van der Waals surface area contributed by atoms with Crippen LogP contribution >= 0.6 is 0 Å². The Morgan fingerprint density at radius 2 is 1.85 bits per heavy atom. The molecule has 0 aromatic heterocycles. The van der Waals surface area contributed by atoms with Gasteiger partial charge in [-0.05, 0) is 24.2 Å². The number of carbonyl (C=O) groups excluding carboxylic acids is 2. The Kier molecular flexibility index (Phi) is 2.10. The van der Waals surface area contributed by atoms with E-state index in [9.17, 15) is 9.59 Å². The number of hydrogen-bond acceptors (Lipinski definition) is 2. The first-order valence-electron chi connectivity index (χ1n) is 4.99. The summed E-state index contributed by atoms with van der Waals surface area (Å²) < 4.78 is 0. The number of imide groups is 1. The first kappa shape index (κ1) is 8.73. The molecule has 2 fully saturated rings. The highest BCUT2D eigenvalue weighted by Gasteiger charge is 2.38. The standard InChI is InChI=1S/C10H15NO2/c1-6-2-3-7-4-9(12)11-10(13)5-8(6)7/h6-8H,2-5H2,1H3,(H,11,12,13)/t6-,7+,8+/m0/s1. The molecule has 2 aliphatic rings. The van der Waals surface area contributed by atoms with Gasteiger partial charge in [0.2, 0.25) is 11.8 Å². The molecule has 1 aliphatic heterocycles. The average molecular weight is 181 g/mol. The number of fused-ring (bicyclic) bond motifs is 1. The minimum Gasteiger partial charge on any atom is -0.296 e. The van der Waals surface area contributed by atoms with Gasteiger partial charge in [0.25, 0.3) is 0 Å². The van der Waals surface area contributed by atoms with Gasteiger partial charge in [0.05, 0.1) is 0 Å². The van der Waals surface area contributed by atoms with Gasteiger partial charge in [0, 0.05) is 12.8 Å². The molecule has 1 aliphatic carbocycles. The van der Waals surface area contributed by atoms with Crippen molar-refractivity contribution >= 4 is 11.8 Å². The van der Waals surface area contributed by atoms with Gasteiger partial charge in [-0.2, -0.15) is 0 Å². The summed E-state index contributed by atoms with van der Waals surface area (Å²) in [6, 6.07) is 0. The average Bonchev–Trinajstić information content (AvgIpc) is 2.32. The van der Waals surface area contributed by atoms with Crippen LogP contribution in [0, 0.1) is 17.8 Å². The molecule has 1 saturated carbocycles. The SMILES string of the molecule is C[C@H]1CC[C@@H]2CC(=O)NC(=O)C[C@@H]21. The third-order valence-electron chi connectivity index (χ3n) is 3.48. The number of nitrogens with one attached hydrogen (secondary N) is 1. The third-order valence-corrected chi connectivity index (χ3v) is 3.48. The van der Waals surface area contributed by atoms with Crippen LogP contribution in [0.15, 0.2) is 0 Å². The molecule has 0 aromatic rings. The van der Waals surface area contributed by atoms with Crippen LogP contribution in [0.1, 0.15) is 32.6 Å². The maximum Gasteiger partial charge on any atom is 0.226 e. The van der Waals surface area contributed by atoms with E-state index in [1.165, 1.54) is 6.42 Å². The Balaban J connectivity index is 2.15. The molecule has 0 unspecified atom stereocenters. The Hall–Kier alpha value is -0.860. The smallest absolute Gasteiger partial charge is 0.226 e. The van der Waals surface area contributed by atoms with Crippen LogP contribution in [-0.4, -0.2) is 11.8 Å². The molecule has 0 bridgehead atoms. The lowest BCUT2D eigenvalue weighted by Crippen LogP contribution is -2.28. The molecule has 0 spiro atoms. The van der Waals surface area contributed by atoms with Crippen LogP contribution in [-0.2, 0) is 9.59 Å². The highest BCUT2D eigenvalue weighted by molar-refractivity contribution is 5.96. The quantitative estimate of drug-likeness (QED) is 0.568. The fraction of sp³-hybridized carbons (Fsp3) is 0.800. The van der Waals surface area contributed by atoms with Gasteiger partial charge in [-0.3, -0.25) is 14.9 Å². The predicted octanol–water partition coefficient (Wildman–Crippen LogP) is 1.09. The molecule has 1 saturated heterocycles. The second kappa shape index (κ2) is 3.13. The first-order valence-corrected chi connectivity index (χ1v) is 4.99. The fourth-order valence-electron chi connectivity index (χ4n) is 2.70. The highest BCUT2D eigenvalue weighted by atomic mass is 16.2. The zero-order chi connectivity index (χ0) is 9.42. The first-order chi connectivity index (χ1) is 6.16. The molecule has 3 nitrogen and oxygen atoms in total. The molecular formula is C10H15NO2. The summed E-state index contributed by atoms with van der Waals surface area (Å²) in [7, 11) is 0. The number of rotatable bonds is 0. The second-order valence-corrected chi connectivity index (χ2v) is 4.36. The minimum absolute atomic E-state index is 0.0772. The molecule has 2 amide bonds. The van der Waals surface area contributed by atoms with Crippen LogP contribution in [0.2, 0.25) is 0 Å². The summed E-state index contributed by atoms with van der Waals surface area (Å²) in [5.41, 5.74) is 0. The van der Waals surface area contributed by atoms with Crippen molar-refractivity contribution in [1.82, 2.24) is 5.32 Å². The van der Waals surface area contributed by atoms with Gasteiger partial charge in [-0.1, -0.05) is 13.3 Å². The van der Waals surface area contributed by atoms with Gasteiger partial charge in [0.15, 0.2) is 0 Å². The van der Waals surface area contributed by atoms with Gasteiger partial charge in [-0.25, -0.2) is 0 Å². The van der Waals surface area contributed by atoms with E-state index in [1.54, 1.807) is 0 Å². The molecule has 13 heavy (non-hydrogen) atoms. The van der Waals surface area contributed by atoms with Gasteiger partial charge < -0.3 is 0 Å². The Labute approximate surface area is 77.9 Å². The Bertz CT molecular complexity index is 249. The molecule has 0 radical (unpaired) electrons. The molecule has 1 N–H and O–H groups in total. The zero-order valence-corrected chi connectivity index (χ0v) is 7.88. The molecule has 1 heterocycles. The summed E-state index contributed by atoms with van der Waals surface area (Å²) in [6.45, 7) is 2.19. The Morgan fingerprint density at radius 1 is 1.15 bits per heavy atom.